The second-order valence-electron chi connectivity index (χ2n) is 12.0. The van der Waals surface area contributed by atoms with Gasteiger partial charge in [-0.05, 0) is 96.7 Å². The van der Waals surface area contributed by atoms with Crippen molar-refractivity contribution in [2.24, 2.45) is 0 Å². The van der Waals surface area contributed by atoms with Crippen LogP contribution in [0.2, 0.25) is 0 Å². The summed E-state index contributed by atoms with van der Waals surface area (Å²) in [6, 6.07) is 11.3. The van der Waals surface area contributed by atoms with Crippen LogP contribution in [0.4, 0.5) is 43.9 Å². The number of rotatable bonds is 9. The molecular formula is C37H30F10O. The molecule has 254 valence electrons. The number of fused-ring (bicyclic) bond motifs is 1. The maximum absolute atomic E-state index is 15.2. The Morgan fingerprint density at radius 1 is 0.708 bits per heavy atom. The topological polar surface area (TPSA) is 9.23 Å². The second kappa shape index (κ2) is 14.1. The van der Waals surface area contributed by atoms with Gasteiger partial charge in [-0.25, -0.2) is 22.0 Å². The molecule has 0 radical (unpaired) electrons. The van der Waals surface area contributed by atoms with E-state index in [9.17, 15) is 26.3 Å². The Balaban J connectivity index is 1.31. The zero-order valence-electron chi connectivity index (χ0n) is 25.7. The average Bonchev–Trinajstić information content (AvgIpc) is 3.00. The van der Waals surface area contributed by atoms with Gasteiger partial charge in [0.2, 0.25) is 0 Å². The van der Waals surface area contributed by atoms with Crippen LogP contribution in [0.25, 0.3) is 10.8 Å². The molecule has 0 saturated heterocycles. The van der Waals surface area contributed by atoms with Gasteiger partial charge >= 0.3 is 12.3 Å². The molecule has 0 spiro atoms. The van der Waals surface area contributed by atoms with E-state index in [-0.39, 0.29) is 23.5 Å². The van der Waals surface area contributed by atoms with Crippen LogP contribution in [0.3, 0.4) is 0 Å². The van der Waals surface area contributed by atoms with Gasteiger partial charge in [0.25, 0.3) is 0 Å². The van der Waals surface area contributed by atoms with E-state index in [1.54, 1.807) is 0 Å². The molecule has 0 amide bonds. The van der Waals surface area contributed by atoms with Gasteiger partial charge in [0.15, 0.2) is 5.82 Å². The van der Waals surface area contributed by atoms with Gasteiger partial charge in [0, 0.05) is 12.0 Å². The molecule has 1 saturated carbocycles. The smallest absolute Gasteiger partial charge is 0.429 e. The van der Waals surface area contributed by atoms with Crippen LogP contribution in [-0.4, -0.2) is 6.18 Å². The molecule has 1 aliphatic carbocycles. The van der Waals surface area contributed by atoms with Crippen LogP contribution >= 0.6 is 0 Å². The van der Waals surface area contributed by atoms with Gasteiger partial charge < -0.3 is 4.74 Å². The minimum atomic E-state index is -5.10. The lowest BCUT2D eigenvalue weighted by molar-refractivity contribution is -0.189. The first-order valence-electron chi connectivity index (χ1n) is 15.5. The number of aryl methyl sites for hydroxylation is 1. The van der Waals surface area contributed by atoms with Crippen molar-refractivity contribution in [2.75, 3.05) is 0 Å². The Kier molecular flexibility index (Phi) is 10.3. The van der Waals surface area contributed by atoms with Crippen molar-refractivity contribution in [3.8, 4) is 17.6 Å². The monoisotopic (exact) mass is 680 g/mol. The molecule has 5 rings (SSSR count). The van der Waals surface area contributed by atoms with Crippen LogP contribution < -0.4 is 4.74 Å². The van der Waals surface area contributed by atoms with E-state index in [2.05, 4.69) is 35.9 Å². The Hall–Kier alpha value is -4.20. The van der Waals surface area contributed by atoms with Crippen molar-refractivity contribution < 1.29 is 48.6 Å². The molecule has 4 aromatic rings. The summed E-state index contributed by atoms with van der Waals surface area (Å²) >= 11 is 0. The summed E-state index contributed by atoms with van der Waals surface area (Å²) in [6.07, 6.45) is -2.66. The number of unbranched alkanes of at least 4 members (excludes halogenated alkanes) is 2. The third-order valence-electron chi connectivity index (χ3n) is 8.70. The summed E-state index contributed by atoms with van der Waals surface area (Å²) in [5.41, 5.74) is -0.463. The molecule has 4 aromatic carbocycles. The molecule has 1 nitrogen and oxygen atoms in total. The van der Waals surface area contributed by atoms with E-state index >= 15 is 17.6 Å². The largest absolute Gasteiger partial charge is 0.458 e. The second-order valence-corrected chi connectivity index (χ2v) is 12.0. The average molecular weight is 681 g/mol. The molecular weight excluding hydrogens is 650 g/mol. The zero-order chi connectivity index (χ0) is 34.8. The van der Waals surface area contributed by atoms with Crippen LogP contribution in [0.5, 0.6) is 5.75 Å². The molecule has 0 aromatic heterocycles. The predicted molar refractivity (Wildman–Crippen MR) is 161 cm³/mol. The van der Waals surface area contributed by atoms with Gasteiger partial charge in [-0.2, -0.15) is 22.0 Å². The van der Waals surface area contributed by atoms with Crippen LogP contribution in [0.15, 0.2) is 54.6 Å². The highest BCUT2D eigenvalue weighted by molar-refractivity contribution is 5.87. The van der Waals surface area contributed by atoms with E-state index < -0.39 is 69.0 Å². The first-order valence-corrected chi connectivity index (χ1v) is 15.5. The van der Waals surface area contributed by atoms with Crippen molar-refractivity contribution in [1.29, 1.82) is 0 Å². The van der Waals surface area contributed by atoms with Gasteiger partial charge in [0.1, 0.15) is 34.6 Å². The van der Waals surface area contributed by atoms with Crippen LogP contribution in [-0.2, 0) is 12.5 Å². The Bertz CT molecular complexity index is 1820. The lowest BCUT2D eigenvalue weighted by atomic mass is 9.76. The first-order chi connectivity index (χ1) is 22.7. The maximum atomic E-state index is 15.2. The molecule has 0 bridgehead atoms. The van der Waals surface area contributed by atoms with Crippen LogP contribution in [0.1, 0.15) is 91.5 Å². The quantitative estimate of drug-likeness (QED) is 0.0971. The molecule has 0 atom stereocenters. The van der Waals surface area contributed by atoms with Crippen molar-refractivity contribution in [3.63, 3.8) is 0 Å². The molecule has 0 aliphatic heterocycles. The van der Waals surface area contributed by atoms with Crippen LogP contribution in [0, 0.1) is 40.9 Å². The first kappa shape index (κ1) is 35.1. The van der Waals surface area contributed by atoms with E-state index in [4.69, 9.17) is 0 Å². The summed E-state index contributed by atoms with van der Waals surface area (Å²) in [4.78, 5) is 0. The highest BCUT2D eigenvalue weighted by Gasteiger charge is 2.42. The van der Waals surface area contributed by atoms with Gasteiger partial charge in [-0.1, -0.05) is 50.0 Å². The lowest BCUT2D eigenvalue weighted by Gasteiger charge is -2.30. The summed E-state index contributed by atoms with van der Waals surface area (Å²) in [7, 11) is 0. The predicted octanol–water partition coefficient (Wildman–Crippen LogP) is 11.8. The van der Waals surface area contributed by atoms with Gasteiger partial charge in [-0.3, -0.25) is 0 Å². The summed E-state index contributed by atoms with van der Waals surface area (Å²) in [5.74, 6) is -7.36. The maximum Gasteiger partial charge on any atom is 0.458 e. The Labute approximate surface area is 270 Å². The molecule has 0 N–H and O–H groups in total. The summed E-state index contributed by atoms with van der Waals surface area (Å²) < 4.78 is 146. The van der Waals surface area contributed by atoms with Gasteiger partial charge in [0.05, 0.1) is 10.9 Å². The normalized spacial score (nSPS) is 16.9. The summed E-state index contributed by atoms with van der Waals surface area (Å²) in [6.45, 7) is 2.15. The third kappa shape index (κ3) is 7.91. The molecule has 0 heterocycles. The number of hydrogen-bond acceptors (Lipinski definition) is 1. The third-order valence-corrected chi connectivity index (χ3v) is 8.70. The van der Waals surface area contributed by atoms with Crippen molar-refractivity contribution in [3.05, 3.63) is 112 Å². The van der Waals surface area contributed by atoms with Crippen molar-refractivity contribution >= 4 is 10.8 Å². The number of hydrogen-bond donors (Lipinski definition) is 0. The van der Waals surface area contributed by atoms with Gasteiger partial charge in [-0.15, -0.1) is 0 Å². The fourth-order valence-electron chi connectivity index (χ4n) is 6.29. The number of ether oxygens (including phenoxy) is 1. The highest BCUT2D eigenvalue weighted by atomic mass is 19.4. The van der Waals surface area contributed by atoms with E-state index in [1.165, 1.54) is 23.5 Å². The molecule has 1 aliphatic rings. The Morgan fingerprint density at radius 2 is 1.31 bits per heavy atom. The summed E-state index contributed by atoms with van der Waals surface area (Å²) in [5, 5.41) is -1.75. The lowest BCUT2D eigenvalue weighted by Crippen LogP contribution is -2.26. The molecule has 1 fully saturated rings. The minimum absolute atomic E-state index is 0.210. The molecule has 11 heteroatoms. The highest BCUT2D eigenvalue weighted by Crippen LogP contribution is 2.43. The standard InChI is InChI=1S/C37H30F10O/c1-2-3-4-5-21-6-8-22(9-7-21)23-10-12-24(13-11-23)25-17-31(40)34(32(41)18-25)37(46,47)48-27-16-26-19-29(38)28(14-15-36(43,44)45)35(42)33(26)30(39)20-27/h6-9,16-20,23-24H,2-5,10-13H2,1H3. The molecule has 48 heavy (non-hydrogen) atoms. The fourth-order valence-corrected chi connectivity index (χ4v) is 6.29. The van der Waals surface area contributed by atoms with E-state index in [1.807, 2.05) is 0 Å². The minimum Gasteiger partial charge on any atom is -0.429 e. The number of halogens is 10. The molecule has 0 unspecified atom stereocenters. The van der Waals surface area contributed by atoms with Crippen molar-refractivity contribution in [2.45, 2.75) is 82.4 Å². The number of alkyl halides is 5. The Morgan fingerprint density at radius 3 is 1.90 bits per heavy atom. The SMILES string of the molecule is CCCCCc1ccc(C2CCC(c3cc(F)c(C(F)(F)Oc4cc(F)c5c(F)c(C#CC(F)(F)F)c(F)cc5c4)c(F)c3)CC2)cc1. The number of benzene rings is 4. The van der Waals surface area contributed by atoms with Crippen molar-refractivity contribution in [1.82, 2.24) is 0 Å². The fraction of sp³-hybridized carbons (Fsp3) is 0.351. The zero-order valence-corrected chi connectivity index (χ0v) is 25.7. The van der Waals surface area contributed by atoms with E-state index in [0.29, 0.717) is 30.9 Å². The van der Waals surface area contributed by atoms with E-state index in [0.717, 1.165) is 44.2 Å².